The van der Waals surface area contributed by atoms with Gasteiger partial charge >= 0.3 is 5.97 Å². The Morgan fingerprint density at radius 1 is 1.00 bits per heavy atom. The second-order valence-corrected chi connectivity index (χ2v) is 9.05. The Hall–Kier alpha value is -3.66. The molecule has 9 nitrogen and oxygen atoms in total. The maximum absolute atomic E-state index is 12.5. The van der Waals surface area contributed by atoms with E-state index in [4.69, 9.17) is 4.74 Å². The number of hydrogen-bond donors (Lipinski definition) is 2. The van der Waals surface area contributed by atoms with Crippen LogP contribution in [0.3, 0.4) is 0 Å². The molecule has 0 aliphatic heterocycles. The normalized spacial score (nSPS) is 10.8. The van der Waals surface area contributed by atoms with Crippen molar-refractivity contribution in [2.24, 2.45) is 0 Å². The number of ether oxygens (including phenoxy) is 1. The molecule has 3 aromatic rings. The summed E-state index contributed by atoms with van der Waals surface area (Å²) in [7, 11) is 0. The minimum absolute atomic E-state index is 0.0702. The van der Waals surface area contributed by atoms with Gasteiger partial charge in [-0.15, -0.1) is 10.2 Å². The topological polar surface area (TPSA) is 115 Å². The molecule has 0 atom stereocenters. The van der Waals surface area contributed by atoms with Gasteiger partial charge in [0, 0.05) is 17.9 Å². The molecule has 0 radical (unpaired) electrons. The summed E-state index contributed by atoms with van der Waals surface area (Å²) in [6.07, 6.45) is -0.160. The molecule has 0 fully saturated rings. The van der Waals surface area contributed by atoms with Gasteiger partial charge in [-0.3, -0.25) is 9.59 Å². The van der Waals surface area contributed by atoms with Gasteiger partial charge in [-0.2, -0.15) is 0 Å². The Kier molecular flexibility index (Phi) is 9.02. The Morgan fingerprint density at radius 2 is 1.71 bits per heavy atom. The van der Waals surface area contributed by atoms with Gasteiger partial charge in [0.25, 0.3) is 0 Å². The highest BCUT2D eigenvalue weighted by Crippen LogP contribution is 2.19. The minimum Gasteiger partial charge on any atom is -0.459 e. The third-order valence-electron chi connectivity index (χ3n) is 4.82. The predicted molar refractivity (Wildman–Crippen MR) is 136 cm³/mol. The molecule has 35 heavy (non-hydrogen) atoms. The van der Waals surface area contributed by atoms with Crippen molar-refractivity contribution in [3.8, 4) is 0 Å². The van der Waals surface area contributed by atoms with Crippen molar-refractivity contribution in [3.63, 3.8) is 0 Å². The first-order valence-corrected chi connectivity index (χ1v) is 12.3. The molecule has 2 aromatic carbocycles. The zero-order chi connectivity index (χ0) is 25.4. The first-order valence-electron chi connectivity index (χ1n) is 11.3. The van der Waals surface area contributed by atoms with E-state index in [1.807, 2.05) is 42.7 Å². The number of aromatic nitrogens is 3. The van der Waals surface area contributed by atoms with Crippen LogP contribution in [0.5, 0.6) is 0 Å². The summed E-state index contributed by atoms with van der Waals surface area (Å²) in [5.74, 6) is -0.277. The first-order chi connectivity index (χ1) is 16.7. The predicted octanol–water partition coefficient (Wildman–Crippen LogP) is 4.08. The maximum Gasteiger partial charge on any atom is 0.338 e. The molecule has 2 N–H and O–H groups in total. The lowest BCUT2D eigenvalue weighted by atomic mass is 10.2. The summed E-state index contributed by atoms with van der Waals surface area (Å²) in [5, 5.41) is 14.5. The molecule has 0 saturated heterocycles. The molecule has 1 heterocycles. The summed E-state index contributed by atoms with van der Waals surface area (Å²) in [5.41, 5.74) is 2.69. The van der Waals surface area contributed by atoms with Crippen LogP contribution in [0.2, 0.25) is 0 Å². The monoisotopic (exact) mass is 495 g/mol. The number of esters is 1. The fraction of sp³-hybridized carbons (Fsp3) is 0.320. The molecule has 0 aliphatic carbocycles. The Labute approximate surface area is 208 Å². The average molecular weight is 496 g/mol. The number of benzene rings is 2. The summed E-state index contributed by atoms with van der Waals surface area (Å²) >= 11 is 1.23. The van der Waals surface area contributed by atoms with E-state index in [9.17, 15) is 14.4 Å². The molecule has 184 valence electrons. The smallest absolute Gasteiger partial charge is 0.338 e. The van der Waals surface area contributed by atoms with Crippen molar-refractivity contribution in [3.05, 3.63) is 65.5 Å². The highest BCUT2D eigenvalue weighted by molar-refractivity contribution is 7.99. The molecule has 0 unspecified atom stereocenters. The number of amides is 2. The molecule has 0 spiro atoms. The number of nitrogens with one attached hydrogen (secondary N) is 2. The molecule has 0 bridgehead atoms. The largest absolute Gasteiger partial charge is 0.459 e. The van der Waals surface area contributed by atoms with Gasteiger partial charge in [-0.25, -0.2) is 4.79 Å². The Bertz CT molecular complexity index is 1190. The van der Waals surface area contributed by atoms with Crippen molar-refractivity contribution in [2.75, 3.05) is 16.4 Å². The molecular weight excluding hydrogens is 466 g/mol. The van der Waals surface area contributed by atoms with Gasteiger partial charge < -0.3 is 19.9 Å². The highest BCUT2D eigenvalue weighted by Gasteiger charge is 2.17. The van der Waals surface area contributed by atoms with E-state index in [-0.39, 0.29) is 30.1 Å². The quantitative estimate of drug-likeness (QED) is 0.322. The second kappa shape index (κ2) is 12.2. The van der Waals surface area contributed by atoms with E-state index in [1.165, 1.54) is 11.8 Å². The fourth-order valence-corrected chi connectivity index (χ4v) is 4.01. The minimum atomic E-state index is -0.444. The standard InChI is InChI=1S/C25H29N5O4S/c1-5-30-21(14-22(31)26-19-11-9-17(4)10-12-19)28-29-25(30)35-15-23(32)27-20-8-6-7-18(13-20)24(33)34-16(2)3/h6-13,16H,5,14-15H2,1-4H3,(H,26,31)(H,27,32). The molecule has 0 aliphatic rings. The lowest BCUT2D eigenvalue weighted by Crippen LogP contribution is -2.18. The summed E-state index contributed by atoms with van der Waals surface area (Å²) in [4.78, 5) is 37.0. The molecule has 0 saturated carbocycles. The van der Waals surface area contributed by atoms with Gasteiger partial charge in [-0.05, 0) is 58.0 Å². The highest BCUT2D eigenvalue weighted by atomic mass is 32.2. The van der Waals surface area contributed by atoms with Gasteiger partial charge in [0.2, 0.25) is 11.8 Å². The number of aryl methyl sites for hydroxylation is 1. The third-order valence-corrected chi connectivity index (χ3v) is 5.79. The van der Waals surface area contributed by atoms with Crippen LogP contribution in [0.15, 0.2) is 53.7 Å². The molecule has 2 amide bonds. The number of carbonyl (C=O) groups is 3. The lowest BCUT2D eigenvalue weighted by molar-refractivity contribution is -0.116. The van der Waals surface area contributed by atoms with Crippen molar-refractivity contribution >= 4 is 40.9 Å². The van der Waals surface area contributed by atoms with Crippen LogP contribution < -0.4 is 10.6 Å². The summed E-state index contributed by atoms with van der Waals surface area (Å²) in [6, 6.07) is 14.1. The van der Waals surface area contributed by atoms with E-state index >= 15 is 0 Å². The zero-order valence-electron chi connectivity index (χ0n) is 20.2. The van der Waals surface area contributed by atoms with E-state index in [0.717, 1.165) is 11.3 Å². The molecular formula is C25H29N5O4S. The van der Waals surface area contributed by atoms with Crippen molar-refractivity contribution < 1.29 is 19.1 Å². The maximum atomic E-state index is 12.5. The number of rotatable bonds is 10. The summed E-state index contributed by atoms with van der Waals surface area (Å²) in [6.45, 7) is 8.02. The third kappa shape index (κ3) is 7.68. The molecule has 3 rings (SSSR count). The fourth-order valence-electron chi connectivity index (χ4n) is 3.19. The Balaban J connectivity index is 1.56. The van der Waals surface area contributed by atoms with Crippen LogP contribution >= 0.6 is 11.8 Å². The number of thioether (sulfide) groups is 1. The van der Waals surface area contributed by atoms with E-state index in [0.29, 0.717) is 28.8 Å². The van der Waals surface area contributed by atoms with Crippen LogP contribution in [0.25, 0.3) is 0 Å². The molecule has 1 aromatic heterocycles. The van der Waals surface area contributed by atoms with Crippen molar-refractivity contribution in [1.29, 1.82) is 0 Å². The van der Waals surface area contributed by atoms with Gasteiger partial charge in [0.1, 0.15) is 5.82 Å². The molecule has 10 heteroatoms. The van der Waals surface area contributed by atoms with Gasteiger partial charge in [0.05, 0.1) is 23.8 Å². The van der Waals surface area contributed by atoms with Crippen molar-refractivity contribution in [1.82, 2.24) is 14.8 Å². The second-order valence-electron chi connectivity index (χ2n) is 8.11. The van der Waals surface area contributed by atoms with E-state index < -0.39 is 5.97 Å². The van der Waals surface area contributed by atoms with Crippen LogP contribution in [0, 0.1) is 6.92 Å². The van der Waals surface area contributed by atoms with Gasteiger partial charge in [-0.1, -0.05) is 35.5 Å². The Morgan fingerprint density at radius 3 is 2.40 bits per heavy atom. The number of nitrogens with zero attached hydrogens (tertiary/aromatic N) is 3. The first kappa shape index (κ1) is 26.0. The van der Waals surface area contributed by atoms with E-state index in [1.54, 1.807) is 38.1 Å². The van der Waals surface area contributed by atoms with Crippen LogP contribution in [-0.4, -0.2) is 44.4 Å². The van der Waals surface area contributed by atoms with Gasteiger partial charge in [0.15, 0.2) is 5.16 Å². The van der Waals surface area contributed by atoms with Crippen LogP contribution in [-0.2, 0) is 27.3 Å². The SMILES string of the molecule is CCn1c(CC(=O)Nc2ccc(C)cc2)nnc1SCC(=O)Nc1cccc(C(=O)OC(C)C)c1. The number of anilines is 2. The van der Waals surface area contributed by atoms with Crippen molar-refractivity contribution in [2.45, 2.75) is 51.9 Å². The number of hydrogen-bond acceptors (Lipinski definition) is 7. The lowest BCUT2D eigenvalue weighted by Gasteiger charge is -2.10. The van der Waals surface area contributed by atoms with Crippen LogP contribution in [0.4, 0.5) is 11.4 Å². The summed E-state index contributed by atoms with van der Waals surface area (Å²) < 4.78 is 7.01. The average Bonchev–Trinajstić information content (AvgIpc) is 3.20. The zero-order valence-corrected chi connectivity index (χ0v) is 21.0. The van der Waals surface area contributed by atoms with Crippen LogP contribution in [0.1, 0.15) is 42.5 Å². The number of carbonyl (C=O) groups excluding carboxylic acids is 3. The van der Waals surface area contributed by atoms with E-state index in [2.05, 4.69) is 20.8 Å².